The lowest BCUT2D eigenvalue weighted by Gasteiger charge is -2.06. The lowest BCUT2D eigenvalue weighted by molar-refractivity contribution is -0.114. The van der Waals surface area contributed by atoms with Crippen molar-refractivity contribution in [2.75, 3.05) is 11.1 Å². The molecule has 0 aliphatic heterocycles. The molecule has 0 spiro atoms. The van der Waals surface area contributed by atoms with Crippen molar-refractivity contribution in [2.24, 2.45) is 0 Å². The molecule has 4 aromatic rings. The largest absolute Gasteiger partial charge is 0.414 e. The molecule has 0 fully saturated rings. The van der Waals surface area contributed by atoms with Crippen LogP contribution in [0.5, 0.6) is 0 Å². The Bertz CT molecular complexity index is 1120. The highest BCUT2D eigenvalue weighted by atomic mass is 16.4. The molecule has 1 amide bonds. The van der Waals surface area contributed by atoms with Crippen LogP contribution in [0.3, 0.4) is 0 Å². The molecular formula is C18H14N6O2. The summed E-state index contributed by atoms with van der Waals surface area (Å²) < 4.78 is 5.75. The fraction of sp³-hybridized carbons (Fsp3) is 0.0556. The van der Waals surface area contributed by atoms with E-state index in [-0.39, 0.29) is 23.5 Å². The maximum Gasteiger partial charge on any atom is 0.270 e. The van der Waals surface area contributed by atoms with E-state index in [0.717, 1.165) is 0 Å². The van der Waals surface area contributed by atoms with Gasteiger partial charge in [-0.2, -0.15) is 0 Å². The van der Waals surface area contributed by atoms with Crippen LogP contribution in [0.4, 0.5) is 11.5 Å². The molecule has 0 aliphatic carbocycles. The summed E-state index contributed by atoms with van der Waals surface area (Å²) in [7, 11) is 0. The van der Waals surface area contributed by atoms with Gasteiger partial charge >= 0.3 is 0 Å². The Hall–Kier alpha value is -3.81. The standard InChI is InChI=1S/C18H14N6O2/c1-10(25)20-12-7-3-2-6-11(12)17-23-24-18(26-17)15-16(19)22-14-9-5-4-8-13(14)21-15/h2-9H,1H3,(H2,19,22)(H,20,25). The number of para-hydroxylation sites is 3. The Morgan fingerprint density at radius 3 is 2.38 bits per heavy atom. The minimum atomic E-state index is -0.193. The zero-order valence-corrected chi connectivity index (χ0v) is 13.8. The van der Waals surface area contributed by atoms with Crippen molar-refractivity contribution in [3.63, 3.8) is 0 Å². The summed E-state index contributed by atoms with van der Waals surface area (Å²) in [6.45, 7) is 1.43. The van der Waals surface area contributed by atoms with Crippen molar-refractivity contribution in [3.8, 4) is 23.0 Å². The van der Waals surface area contributed by atoms with E-state index >= 15 is 0 Å². The Morgan fingerprint density at radius 1 is 0.962 bits per heavy atom. The average molecular weight is 346 g/mol. The van der Waals surface area contributed by atoms with E-state index in [4.69, 9.17) is 10.2 Å². The maximum absolute atomic E-state index is 11.4. The predicted molar refractivity (Wildman–Crippen MR) is 97.0 cm³/mol. The van der Waals surface area contributed by atoms with Crippen LogP contribution >= 0.6 is 0 Å². The second kappa shape index (κ2) is 6.25. The number of benzene rings is 2. The molecule has 2 aromatic carbocycles. The van der Waals surface area contributed by atoms with Gasteiger partial charge in [0.1, 0.15) is 0 Å². The second-order valence-corrected chi connectivity index (χ2v) is 5.59. The molecule has 0 radical (unpaired) electrons. The first-order valence-electron chi connectivity index (χ1n) is 7.85. The number of nitrogens with two attached hydrogens (primary N) is 1. The molecule has 0 aliphatic rings. The third-order valence-corrected chi connectivity index (χ3v) is 3.69. The van der Waals surface area contributed by atoms with Gasteiger partial charge in [-0.15, -0.1) is 10.2 Å². The zero-order valence-electron chi connectivity index (χ0n) is 13.8. The monoisotopic (exact) mass is 346 g/mol. The van der Waals surface area contributed by atoms with Gasteiger partial charge < -0.3 is 15.5 Å². The molecule has 0 bridgehead atoms. The van der Waals surface area contributed by atoms with Crippen LogP contribution in [-0.2, 0) is 4.79 Å². The Labute approximate surface area is 148 Å². The van der Waals surface area contributed by atoms with Crippen molar-refractivity contribution in [1.29, 1.82) is 0 Å². The van der Waals surface area contributed by atoms with Gasteiger partial charge in [0.05, 0.1) is 22.3 Å². The smallest absolute Gasteiger partial charge is 0.270 e. The van der Waals surface area contributed by atoms with E-state index in [2.05, 4.69) is 25.5 Å². The van der Waals surface area contributed by atoms with Crippen LogP contribution in [0.1, 0.15) is 6.92 Å². The number of amides is 1. The van der Waals surface area contributed by atoms with Crippen LogP contribution in [0.15, 0.2) is 52.9 Å². The molecule has 8 nitrogen and oxygen atoms in total. The van der Waals surface area contributed by atoms with E-state index < -0.39 is 0 Å². The number of hydrogen-bond donors (Lipinski definition) is 2. The Kier molecular flexibility index (Phi) is 3.77. The topological polar surface area (TPSA) is 120 Å². The third-order valence-electron chi connectivity index (χ3n) is 3.69. The summed E-state index contributed by atoms with van der Waals surface area (Å²) in [6, 6.07) is 14.5. The number of fused-ring (bicyclic) bond motifs is 1. The number of nitrogens with one attached hydrogen (secondary N) is 1. The molecule has 2 heterocycles. The van der Waals surface area contributed by atoms with Gasteiger partial charge in [0.25, 0.3) is 5.89 Å². The highest BCUT2D eigenvalue weighted by Gasteiger charge is 2.18. The maximum atomic E-state index is 11.4. The van der Waals surface area contributed by atoms with Gasteiger partial charge in [-0.25, -0.2) is 9.97 Å². The lowest BCUT2D eigenvalue weighted by Crippen LogP contribution is -2.06. The summed E-state index contributed by atoms with van der Waals surface area (Å²) >= 11 is 0. The summed E-state index contributed by atoms with van der Waals surface area (Å²) in [4.78, 5) is 20.2. The lowest BCUT2D eigenvalue weighted by atomic mass is 10.2. The molecule has 0 atom stereocenters. The first kappa shape index (κ1) is 15.7. The second-order valence-electron chi connectivity index (χ2n) is 5.59. The number of carbonyl (C=O) groups is 1. The highest BCUT2D eigenvalue weighted by molar-refractivity contribution is 5.93. The molecule has 26 heavy (non-hydrogen) atoms. The zero-order chi connectivity index (χ0) is 18.1. The van der Waals surface area contributed by atoms with Gasteiger partial charge in [0.2, 0.25) is 11.8 Å². The summed E-state index contributed by atoms with van der Waals surface area (Å²) in [5.74, 6) is 0.419. The van der Waals surface area contributed by atoms with Gasteiger partial charge in [0.15, 0.2) is 11.5 Å². The van der Waals surface area contributed by atoms with Crippen molar-refractivity contribution >= 4 is 28.4 Å². The van der Waals surface area contributed by atoms with Crippen molar-refractivity contribution < 1.29 is 9.21 Å². The van der Waals surface area contributed by atoms with E-state index in [1.165, 1.54) is 6.92 Å². The molecular weight excluding hydrogens is 332 g/mol. The molecule has 4 rings (SSSR count). The molecule has 8 heteroatoms. The average Bonchev–Trinajstić information content (AvgIpc) is 3.10. The van der Waals surface area contributed by atoms with Crippen LogP contribution in [0, 0.1) is 0 Å². The number of anilines is 2. The molecule has 0 unspecified atom stereocenters. The fourth-order valence-electron chi connectivity index (χ4n) is 2.57. The van der Waals surface area contributed by atoms with Crippen LogP contribution in [0.25, 0.3) is 34.1 Å². The highest BCUT2D eigenvalue weighted by Crippen LogP contribution is 2.30. The molecule has 0 saturated heterocycles. The number of rotatable bonds is 3. The Morgan fingerprint density at radius 2 is 1.62 bits per heavy atom. The molecule has 128 valence electrons. The summed E-state index contributed by atoms with van der Waals surface area (Å²) in [5, 5.41) is 10.8. The van der Waals surface area contributed by atoms with E-state index in [9.17, 15) is 4.79 Å². The fourth-order valence-corrected chi connectivity index (χ4v) is 2.57. The minimum absolute atomic E-state index is 0.161. The third kappa shape index (κ3) is 2.84. The van der Waals surface area contributed by atoms with Crippen LogP contribution in [-0.4, -0.2) is 26.1 Å². The first-order valence-corrected chi connectivity index (χ1v) is 7.85. The number of hydrogen-bond acceptors (Lipinski definition) is 7. The van der Waals surface area contributed by atoms with E-state index in [0.29, 0.717) is 28.0 Å². The SMILES string of the molecule is CC(=O)Nc1ccccc1-c1nnc(-c2nc3ccccc3nc2N)o1. The van der Waals surface area contributed by atoms with Crippen molar-refractivity contribution in [2.45, 2.75) is 6.92 Å². The van der Waals surface area contributed by atoms with Crippen molar-refractivity contribution in [1.82, 2.24) is 20.2 Å². The van der Waals surface area contributed by atoms with Gasteiger partial charge in [-0.05, 0) is 24.3 Å². The summed E-state index contributed by atoms with van der Waals surface area (Å²) in [6.07, 6.45) is 0. The predicted octanol–water partition coefficient (Wildman–Crippen LogP) is 2.89. The molecule has 0 saturated carbocycles. The number of nitrogens with zero attached hydrogens (tertiary/aromatic N) is 4. The normalized spacial score (nSPS) is 10.8. The minimum Gasteiger partial charge on any atom is -0.414 e. The van der Waals surface area contributed by atoms with Gasteiger partial charge in [-0.1, -0.05) is 24.3 Å². The number of aromatic nitrogens is 4. The quantitative estimate of drug-likeness (QED) is 0.585. The van der Waals surface area contributed by atoms with Crippen LogP contribution in [0.2, 0.25) is 0 Å². The van der Waals surface area contributed by atoms with Crippen molar-refractivity contribution in [3.05, 3.63) is 48.5 Å². The van der Waals surface area contributed by atoms with Crippen LogP contribution < -0.4 is 11.1 Å². The first-order chi connectivity index (χ1) is 12.6. The number of nitrogen functional groups attached to an aromatic ring is 1. The van der Waals surface area contributed by atoms with E-state index in [1.807, 2.05) is 30.3 Å². The van der Waals surface area contributed by atoms with Gasteiger partial charge in [-0.3, -0.25) is 4.79 Å². The molecule has 2 aromatic heterocycles. The Balaban J connectivity index is 1.78. The van der Waals surface area contributed by atoms with Gasteiger partial charge in [0, 0.05) is 6.92 Å². The number of carbonyl (C=O) groups excluding carboxylic acids is 1. The summed E-state index contributed by atoms with van der Waals surface area (Å²) in [5.41, 5.74) is 8.87. The molecule has 3 N–H and O–H groups in total. The van der Waals surface area contributed by atoms with E-state index in [1.54, 1.807) is 18.2 Å².